The molecule has 1 N–H and O–H groups in total. The van der Waals surface area contributed by atoms with Crippen molar-refractivity contribution in [3.05, 3.63) is 0 Å². The molecular formula is C9H20NO4PS. The van der Waals surface area contributed by atoms with E-state index in [1.54, 1.807) is 13.8 Å². The molecule has 0 saturated heterocycles. The third-order valence-corrected chi connectivity index (χ3v) is 3.84. The molecule has 0 saturated carbocycles. The lowest BCUT2D eigenvalue weighted by molar-refractivity contribution is 0.0999. The van der Waals surface area contributed by atoms with Gasteiger partial charge in [-0.1, -0.05) is 26.1 Å². The average Bonchev–Trinajstić information content (AvgIpc) is 2.25. The molecule has 0 aliphatic carbocycles. The van der Waals surface area contributed by atoms with Gasteiger partial charge in [0.05, 0.1) is 13.2 Å². The first-order valence-corrected chi connectivity index (χ1v) is 7.23. The van der Waals surface area contributed by atoms with Gasteiger partial charge in [0.15, 0.2) is 0 Å². The first-order valence-electron chi connectivity index (χ1n) is 5.36. The fourth-order valence-electron chi connectivity index (χ4n) is 0.793. The lowest BCUT2D eigenvalue weighted by Gasteiger charge is -2.18. The predicted octanol–water partition coefficient (Wildman–Crippen LogP) is 3.06. The Kier molecular flexibility index (Phi) is 8.14. The van der Waals surface area contributed by atoms with E-state index in [1.807, 2.05) is 13.8 Å². The highest BCUT2D eigenvalue weighted by Crippen LogP contribution is 2.48. The van der Waals surface area contributed by atoms with Crippen molar-refractivity contribution in [3.8, 4) is 0 Å². The fourth-order valence-corrected chi connectivity index (χ4v) is 2.09. The van der Waals surface area contributed by atoms with Crippen LogP contribution in [-0.4, -0.2) is 18.2 Å². The van der Waals surface area contributed by atoms with E-state index < -0.39 is 7.82 Å². The van der Waals surface area contributed by atoms with Crippen molar-refractivity contribution < 1.29 is 18.2 Å². The molecule has 1 atom stereocenters. The van der Waals surface area contributed by atoms with Gasteiger partial charge >= 0.3 is 7.82 Å². The molecule has 0 bridgehead atoms. The summed E-state index contributed by atoms with van der Waals surface area (Å²) >= 11 is 5.04. The van der Waals surface area contributed by atoms with Gasteiger partial charge in [-0.05, 0) is 20.3 Å². The molecule has 5 nitrogen and oxygen atoms in total. The van der Waals surface area contributed by atoms with Crippen molar-refractivity contribution in [2.45, 2.75) is 34.1 Å². The zero-order valence-corrected chi connectivity index (χ0v) is 11.9. The standard InChI is InChI=1S/C9H20NO4PS/c1-5-8(4)9(16)10-14-15(11,12-6-2)13-7-3/h8H,5-7H2,1-4H3,(H,10,16). The van der Waals surface area contributed by atoms with Gasteiger partial charge in [-0.3, -0.25) is 9.05 Å². The van der Waals surface area contributed by atoms with Crippen LogP contribution in [0, 0.1) is 5.92 Å². The van der Waals surface area contributed by atoms with Crippen LogP contribution in [0.5, 0.6) is 0 Å². The van der Waals surface area contributed by atoms with Crippen LogP contribution in [0.15, 0.2) is 0 Å². The topological polar surface area (TPSA) is 56.8 Å². The Morgan fingerprint density at radius 3 is 2.19 bits per heavy atom. The van der Waals surface area contributed by atoms with Crippen LogP contribution >= 0.6 is 20.0 Å². The molecule has 7 heteroatoms. The van der Waals surface area contributed by atoms with E-state index in [-0.39, 0.29) is 19.1 Å². The molecule has 0 amide bonds. The van der Waals surface area contributed by atoms with E-state index in [0.717, 1.165) is 6.42 Å². The van der Waals surface area contributed by atoms with Crippen molar-refractivity contribution in [1.82, 2.24) is 5.48 Å². The fraction of sp³-hybridized carbons (Fsp3) is 0.889. The molecule has 1 unspecified atom stereocenters. The van der Waals surface area contributed by atoms with E-state index in [2.05, 4.69) is 5.48 Å². The van der Waals surface area contributed by atoms with Gasteiger partial charge < -0.3 is 0 Å². The number of phosphoric acid groups is 1. The van der Waals surface area contributed by atoms with Crippen LogP contribution in [0.25, 0.3) is 0 Å². The Labute approximate surface area is 102 Å². The van der Waals surface area contributed by atoms with Gasteiger partial charge in [0.1, 0.15) is 4.99 Å². The van der Waals surface area contributed by atoms with E-state index in [1.165, 1.54) is 0 Å². The number of hydrogen-bond acceptors (Lipinski definition) is 5. The largest absolute Gasteiger partial charge is 0.496 e. The molecule has 0 radical (unpaired) electrons. The molecule has 0 heterocycles. The smallest absolute Gasteiger partial charge is 0.286 e. The maximum atomic E-state index is 11.8. The van der Waals surface area contributed by atoms with E-state index in [4.69, 9.17) is 25.9 Å². The first-order chi connectivity index (χ1) is 7.49. The molecule has 0 spiro atoms. The van der Waals surface area contributed by atoms with Crippen LogP contribution in [0.4, 0.5) is 0 Å². The number of phosphoric ester groups is 1. The third-order valence-electron chi connectivity index (χ3n) is 1.89. The highest BCUT2D eigenvalue weighted by molar-refractivity contribution is 7.80. The van der Waals surface area contributed by atoms with Gasteiger partial charge in [-0.15, -0.1) is 0 Å². The maximum Gasteiger partial charge on any atom is 0.496 e. The number of nitrogens with one attached hydrogen (secondary N) is 1. The van der Waals surface area contributed by atoms with E-state index in [9.17, 15) is 4.57 Å². The summed E-state index contributed by atoms with van der Waals surface area (Å²) in [6, 6.07) is 0. The Balaban J connectivity index is 4.21. The molecule has 96 valence electrons. The number of rotatable bonds is 8. The summed E-state index contributed by atoms with van der Waals surface area (Å²) in [7, 11) is -3.52. The molecular weight excluding hydrogens is 249 g/mol. The lowest BCUT2D eigenvalue weighted by atomic mass is 10.1. The third kappa shape index (κ3) is 5.92. The van der Waals surface area contributed by atoms with Crippen LogP contribution in [0.2, 0.25) is 0 Å². The lowest BCUT2D eigenvalue weighted by Crippen LogP contribution is -2.27. The average molecular weight is 269 g/mol. The summed E-state index contributed by atoms with van der Waals surface area (Å²) in [6.07, 6.45) is 0.878. The molecule has 0 aromatic carbocycles. The molecule has 0 fully saturated rings. The quantitative estimate of drug-likeness (QED) is 0.415. The Morgan fingerprint density at radius 1 is 1.31 bits per heavy atom. The highest BCUT2D eigenvalue weighted by Gasteiger charge is 2.26. The number of hydroxylamine groups is 1. The van der Waals surface area contributed by atoms with Crippen molar-refractivity contribution >= 4 is 25.0 Å². The second kappa shape index (κ2) is 8.14. The summed E-state index contributed by atoms with van der Waals surface area (Å²) in [5.74, 6) is 0.159. The summed E-state index contributed by atoms with van der Waals surface area (Å²) < 4.78 is 26.6. The van der Waals surface area contributed by atoms with Crippen LogP contribution < -0.4 is 5.48 Å². The van der Waals surface area contributed by atoms with Gasteiger partial charge in [0.2, 0.25) is 0 Å². The molecule has 0 aliphatic rings. The second-order valence-electron chi connectivity index (χ2n) is 3.15. The SMILES string of the molecule is CCOP(=O)(OCC)ONC(=S)C(C)CC. The predicted molar refractivity (Wildman–Crippen MR) is 67.1 cm³/mol. The zero-order valence-electron chi connectivity index (χ0n) is 10.2. The number of hydrogen-bond donors (Lipinski definition) is 1. The summed E-state index contributed by atoms with van der Waals surface area (Å²) in [5, 5.41) is 0. The van der Waals surface area contributed by atoms with Gasteiger partial charge in [0, 0.05) is 5.92 Å². The second-order valence-corrected chi connectivity index (χ2v) is 5.18. The molecule has 0 aromatic rings. The minimum Gasteiger partial charge on any atom is -0.286 e. The minimum atomic E-state index is -3.52. The summed E-state index contributed by atoms with van der Waals surface area (Å²) in [5.41, 5.74) is 2.46. The summed E-state index contributed by atoms with van der Waals surface area (Å²) in [4.78, 5) is 0.488. The molecule has 0 aromatic heterocycles. The van der Waals surface area contributed by atoms with Crippen molar-refractivity contribution in [2.24, 2.45) is 5.92 Å². The monoisotopic (exact) mass is 269 g/mol. The van der Waals surface area contributed by atoms with Crippen molar-refractivity contribution in [1.29, 1.82) is 0 Å². The van der Waals surface area contributed by atoms with Crippen LogP contribution in [-0.2, 0) is 18.2 Å². The number of thiocarbonyl (C=S) groups is 1. The Morgan fingerprint density at radius 2 is 1.81 bits per heavy atom. The zero-order chi connectivity index (χ0) is 12.6. The Bertz CT molecular complexity index is 252. The molecule has 0 rings (SSSR count). The van der Waals surface area contributed by atoms with Gasteiger partial charge in [-0.2, -0.15) is 4.62 Å². The first kappa shape index (κ1) is 16.0. The molecule has 0 aliphatic heterocycles. The van der Waals surface area contributed by atoms with E-state index >= 15 is 0 Å². The van der Waals surface area contributed by atoms with E-state index in [0.29, 0.717) is 4.99 Å². The molecule has 16 heavy (non-hydrogen) atoms. The van der Waals surface area contributed by atoms with Crippen molar-refractivity contribution in [2.75, 3.05) is 13.2 Å². The van der Waals surface area contributed by atoms with Crippen LogP contribution in [0.1, 0.15) is 34.1 Å². The summed E-state index contributed by atoms with van der Waals surface area (Å²) in [6.45, 7) is 7.86. The minimum absolute atomic E-state index is 0.159. The maximum absolute atomic E-state index is 11.8. The van der Waals surface area contributed by atoms with Gasteiger partial charge in [0.25, 0.3) is 0 Å². The van der Waals surface area contributed by atoms with Crippen molar-refractivity contribution in [3.63, 3.8) is 0 Å². The van der Waals surface area contributed by atoms with Crippen LogP contribution in [0.3, 0.4) is 0 Å². The van der Waals surface area contributed by atoms with Gasteiger partial charge in [-0.25, -0.2) is 10.0 Å². The normalized spacial score (nSPS) is 13.5. The Hall–Kier alpha value is -0.0000000000000000278. The highest BCUT2D eigenvalue weighted by atomic mass is 32.1.